The van der Waals surface area contributed by atoms with Crippen molar-refractivity contribution < 1.29 is 30.7 Å². The first-order valence-electron chi connectivity index (χ1n) is 12.3. The Labute approximate surface area is 245 Å². The summed E-state index contributed by atoms with van der Waals surface area (Å²) >= 11 is 0. The zero-order valence-corrected chi connectivity index (χ0v) is 23.8. The van der Waals surface area contributed by atoms with Crippen LogP contribution in [0.15, 0.2) is 115 Å². The minimum absolute atomic E-state index is 0.204. The van der Waals surface area contributed by atoms with Crippen LogP contribution < -0.4 is 11.1 Å². The standard InChI is InChI=1S/C28H22N6O7S2/c1-16(35)30-17-2-4-18(5-3-17)31-32-26-12-13-28(24-15-20(43(39,40)41)7-9-22(24)26)34-33-27-11-10-25(29)21-8-6-19(14-23(21)27)42(36,37)38/h2-15H,29H2,1H3,(H,30,35)(H,36,37,38)(H,39,40,41). The number of hydrogen-bond donors (Lipinski definition) is 4. The number of carbonyl (C=O) groups is 1. The van der Waals surface area contributed by atoms with Gasteiger partial charge in [-0.25, -0.2) is 0 Å². The van der Waals surface area contributed by atoms with E-state index in [1.807, 2.05) is 0 Å². The Balaban J connectivity index is 1.59. The lowest BCUT2D eigenvalue weighted by atomic mass is 10.1. The van der Waals surface area contributed by atoms with E-state index in [4.69, 9.17) is 5.73 Å². The van der Waals surface area contributed by atoms with Crippen LogP contribution >= 0.6 is 0 Å². The van der Waals surface area contributed by atoms with Gasteiger partial charge in [0.1, 0.15) is 0 Å². The molecule has 5 aromatic carbocycles. The number of anilines is 2. The van der Waals surface area contributed by atoms with E-state index in [1.54, 1.807) is 36.4 Å². The second-order valence-corrected chi connectivity index (χ2v) is 12.1. The van der Waals surface area contributed by atoms with Crippen LogP contribution in [0.4, 0.5) is 34.1 Å². The lowest BCUT2D eigenvalue weighted by molar-refractivity contribution is -0.114. The van der Waals surface area contributed by atoms with Crippen molar-refractivity contribution in [1.82, 2.24) is 0 Å². The number of benzene rings is 5. The quantitative estimate of drug-likeness (QED) is 0.0856. The van der Waals surface area contributed by atoms with E-state index in [0.29, 0.717) is 38.9 Å². The lowest BCUT2D eigenvalue weighted by Crippen LogP contribution is -2.04. The maximum absolute atomic E-state index is 11.9. The fourth-order valence-corrected chi connectivity index (χ4v) is 5.26. The molecule has 15 heteroatoms. The van der Waals surface area contributed by atoms with Crippen molar-refractivity contribution in [1.29, 1.82) is 0 Å². The summed E-state index contributed by atoms with van der Waals surface area (Å²) in [7, 11) is -9.07. The average Bonchev–Trinajstić information content (AvgIpc) is 2.95. The number of nitrogens with one attached hydrogen (secondary N) is 1. The van der Waals surface area contributed by atoms with Gasteiger partial charge in [-0.05, 0) is 72.8 Å². The maximum atomic E-state index is 11.9. The zero-order valence-electron chi connectivity index (χ0n) is 22.2. The van der Waals surface area contributed by atoms with Crippen molar-refractivity contribution in [3.8, 4) is 0 Å². The molecule has 0 saturated heterocycles. The topological polar surface area (TPSA) is 213 Å². The number of hydrogen-bond acceptors (Lipinski definition) is 10. The number of nitrogen functional groups attached to an aromatic ring is 1. The summed E-state index contributed by atoms with van der Waals surface area (Å²) < 4.78 is 66.4. The van der Waals surface area contributed by atoms with E-state index in [2.05, 4.69) is 25.8 Å². The molecule has 1 amide bonds. The first-order chi connectivity index (χ1) is 20.3. The summed E-state index contributed by atoms with van der Waals surface area (Å²) in [5.41, 5.74) is 8.24. The van der Waals surface area contributed by atoms with Gasteiger partial charge in [-0.2, -0.15) is 21.9 Å². The summed E-state index contributed by atoms with van der Waals surface area (Å²) in [6.45, 7) is 1.40. The highest BCUT2D eigenvalue weighted by atomic mass is 32.2. The van der Waals surface area contributed by atoms with Gasteiger partial charge in [0.15, 0.2) is 0 Å². The summed E-state index contributed by atoms with van der Waals surface area (Å²) in [4.78, 5) is 10.5. The molecule has 0 aromatic heterocycles. The molecule has 43 heavy (non-hydrogen) atoms. The van der Waals surface area contributed by atoms with Gasteiger partial charge in [-0.3, -0.25) is 13.9 Å². The first kappa shape index (κ1) is 29.4. The molecule has 0 saturated carbocycles. The minimum atomic E-state index is -4.56. The molecule has 5 rings (SSSR count). The molecule has 0 aliphatic carbocycles. The molecule has 0 fully saturated rings. The van der Waals surface area contributed by atoms with Gasteiger partial charge in [-0.15, -0.1) is 15.3 Å². The first-order valence-corrected chi connectivity index (χ1v) is 15.2. The Morgan fingerprint density at radius 2 is 1.09 bits per heavy atom. The van der Waals surface area contributed by atoms with Crippen LogP contribution in [-0.4, -0.2) is 31.8 Å². The average molecular weight is 619 g/mol. The van der Waals surface area contributed by atoms with Crippen molar-refractivity contribution >= 4 is 81.8 Å². The molecule has 0 spiro atoms. The molecule has 0 bridgehead atoms. The molecular formula is C28H22N6O7S2. The predicted molar refractivity (Wildman–Crippen MR) is 161 cm³/mol. The van der Waals surface area contributed by atoms with Gasteiger partial charge in [0.25, 0.3) is 20.2 Å². The Kier molecular flexibility index (Phi) is 7.72. The van der Waals surface area contributed by atoms with Crippen LogP contribution in [0.25, 0.3) is 21.5 Å². The molecule has 13 nitrogen and oxygen atoms in total. The molecular weight excluding hydrogens is 596 g/mol. The fraction of sp³-hybridized carbons (Fsp3) is 0.0357. The highest BCUT2D eigenvalue weighted by Gasteiger charge is 2.15. The normalized spacial score (nSPS) is 12.4. The van der Waals surface area contributed by atoms with Crippen LogP contribution in [0, 0.1) is 0 Å². The summed E-state index contributed by atoms with van der Waals surface area (Å²) in [6, 6.07) is 20.6. The smallest absolute Gasteiger partial charge is 0.294 e. The number of amides is 1. The van der Waals surface area contributed by atoms with Crippen molar-refractivity contribution in [2.24, 2.45) is 20.5 Å². The third-order valence-corrected chi connectivity index (χ3v) is 7.96. The number of nitrogens with zero attached hydrogens (tertiary/aromatic N) is 4. The lowest BCUT2D eigenvalue weighted by Gasteiger charge is -2.08. The van der Waals surface area contributed by atoms with Crippen LogP contribution in [-0.2, 0) is 25.0 Å². The van der Waals surface area contributed by atoms with Crippen LogP contribution in [0.2, 0.25) is 0 Å². The van der Waals surface area contributed by atoms with Crippen molar-refractivity contribution in [3.05, 3.63) is 84.9 Å². The predicted octanol–water partition coefficient (Wildman–Crippen LogP) is 6.86. The molecule has 0 atom stereocenters. The fourth-order valence-electron chi connectivity index (χ4n) is 4.25. The number of azo groups is 2. The van der Waals surface area contributed by atoms with E-state index in [9.17, 15) is 30.7 Å². The van der Waals surface area contributed by atoms with Gasteiger partial charge >= 0.3 is 0 Å². The number of rotatable bonds is 7. The van der Waals surface area contributed by atoms with E-state index < -0.39 is 20.2 Å². The molecule has 218 valence electrons. The second-order valence-electron chi connectivity index (χ2n) is 9.27. The van der Waals surface area contributed by atoms with E-state index in [-0.39, 0.29) is 32.5 Å². The number of nitrogens with two attached hydrogens (primary N) is 1. The highest BCUT2D eigenvalue weighted by molar-refractivity contribution is 7.86. The molecule has 0 aliphatic rings. The Morgan fingerprint density at radius 3 is 1.63 bits per heavy atom. The van der Waals surface area contributed by atoms with Crippen LogP contribution in [0.1, 0.15) is 6.92 Å². The number of fused-ring (bicyclic) bond motifs is 2. The SMILES string of the molecule is CC(=O)Nc1ccc(N=Nc2ccc(N=Nc3ccc(N)c4ccc(S(=O)(=O)O)cc34)c3cc(S(=O)(=O)O)ccc23)cc1. The minimum Gasteiger partial charge on any atom is -0.398 e. The number of carbonyl (C=O) groups excluding carboxylic acids is 1. The Bertz CT molecular complexity index is 2200. The molecule has 5 N–H and O–H groups in total. The van der Waals surface area contributed by atoms with Gasteiger partial charge < -0.3 is 11.1 Å². The summed E-state index contributed by atoms with van der Waals surface area (Å²) in [5.74, 6) is -0.213. The molecule has 5 aromatic rings. The van der Waals surface area contributed by atoms with Crippen molar-refractivity contribution in [2.75, 3.05) is 11.1 Å². The van der Waals surface area contributed by atoms with Gasteiger partial charge in [0.2, 0.25) is 5.91 Å². The van der Waals surface area contributed by atoms with E-state index in [1.165, 1.54) is 55.5 Å². The second kappa shape index (κ2) is 11.3. The van der Waals surface area contributed by atoms with Crippen molar-refractivity contribution in [2.45, 2.75) is 16.7 Å². The maximum Gasteiger partial charge on any atom is 0.294 e. The molecule has 0 aliphatic heterocycles. The van der Waals surface area contributed by atoms with Gasteiger partial charge in [-0.1, -0.05) is 12.1 Å². The zero-order chi connectivity index (χ0) is 30.9. The van der Waals surface area contributed by atoms with Crippen LogP contribution in [0.3, 0.4) is 0 Å². The van der Waals surface area contributed by atoms with Gasteiger partial charge in [0, 0.05) is 39.8 Å². The Hall–Kier alpha value is -5.09. The largest absolute Gasteiger partial charge is 0.398 e. The highest BCUT2D eigenvalue weighted by Crippen LogP contribution is 2.38. The molecule has 0 unspecified atom stereocenters. The van der Waals surface area contributed by atoms with Gasteiger partial charge in [0.05, 0.1) is 32.5 Å². The van der Waals surface area contributed by atoms with E-state index >= 15 is 0 Å². The third kappa shape index (κ3) is 6.54. The van der Waals surface area contributed by atoms with Crippen LogP contribution in [0.5, 0.6) is 0 Å². The van der Waals surface area contributed by atoms with Crippen molar-refractivity contribution in [3.63, 3.8) is 0 Å². The Morgan fingerprint density at radius 1 is 0.628 bits per heavy atom. The summed E-state index contributed by atoms with van der Waals surface area (Å²) in [5, 5.41) is 21.2. The third-order valence-electron chi connectivity index (χ3n) is 6.26. The summed E-state index contributed by atoms with van der Waals surface area (Å²) in [6.07, 6.45) is 0. The van der Waals surface area contributed by atoms with E-state index in [0.717, 1.165) is 0 Å². The monoisotopic (exact) mass is 618 g/mol. The molecule has 0 heterocycles. The molecule has 0 radical (unpaired) electrons.